The number of carbonyl (C=O) groups excluding carboxylic acids is 1. The lowest BCUT2D eigenvalue weighted by Crippen LogP contribution is -2.36. The molecule has 0 saturated carbocycles. The van der Waals surface area contributed by atoms with Crippen LogP contribution in [0.15, 0.2) is 67.0 Å². The van der Waals surface area contributed by atoms with Crippen LogP contribution in [0.25, 0.3) is 5.69 Å². The Labute approximate surface area is 164 Å². The van der Waals surface area contributed by atoms with Gasteiger partial charge in [-0.15, -0.1) is 0 Å². The monoisotopic (exact) mass is 379 g/mol. The van der Waals surface area contributed by atoms with E-state index >= 15 is 0 Å². The second-order valence-corrected chi connectivity index (χ2v) is 6.59. The summed E-state index contributed by atoms with van der Waals surface area (Å²) >= 11 is 0. The molecule has 0 saturated heterocycles. The zero-order valence-electron chi connectivity index (χ0n) is 16.3. The highest BCUT2D eigenvalue weighted by atomic mass is 16.5. The van der Waals surface area contributed by atoms with Gasteiger partial charge in [-0.25, -0.2) is 9.48 Å². The number of rotatable bonds is 7. The third kappa shape index (κ3) is 4.89. The van der Waals surface area contributed by atoms with Gasteiger partial charge < -0.3 is 20.3 Å². The topological polar surface area (TPSA) is 71.4 Å². The normalized spacial score (nSPS) is 11.9. The van der Waals surface area contributed by atoms with E-state index in [4.69, 9.17) is 4.74 Å². The smallest absolute Gasteiger partial charge is 0.319 e. The van der Waals surface area contributed by atoms with E-state index in [0.717, 1.165) is 17.0 Å². The minimum Gasteiger partial charge on any atom is -0.497 e. The van der Waals surface area contributed by atoms with E-state index in [9.17, 15) is 4.79 Å². The number of likely N-dealkylation sites (N-methyl/N-ethyl adjacent to an activating group) is 1. The fraction of sp³-hybridized carbons (Fsp3) is 0.238. The van der Waals surface area contributed by atoms with Gasteiger partial charge in [-0.3, -0.25) is 0 Å². The summed E-state index contributed by atoms with van der Waals surface area (Å²) in [4.78, 5) is 14.5. The van der Waals surface area contributed by atoms with Crippen molar-refractivity contribution >= 4 is 11.7 Å². The van der Waals surface area contributed by atoms with Gasteiger partial charge in [0.15, 0.2) is 0 Å². The summed E-state index contributed by atoms with van der Waals surface area (Å²) in [6.07, 6.45) is 3.57. The molecule has 3 rings (SSSR count). The van der Waals surface area contributed by atoms with Crippen molar-refractivity contribution in [3.05, 3.63) is 72.6 Å². The summed E-state index contributed by atoms with van der Waals surface area (Å²) in [7, 11) is 5.62. The van der Waals surface area contributed by atoms with E-state index in [1.165, 1.54) is 0 Å². The summed E-state index contributed by atoms with van der Waals surface area (Å²) in [5.41, 5.74) is 2.69. The Balaban J connectivity index is 1.61. The molecule has 3 aromatic rings. The molecule has 1 heterocycles. The molecule has 0 spiro atoms. The van der Waals surface area contributed by atoms with Crippen LogP contribution in [0.4, 0.5) is 10.5 Å². The molecule has 146 valence electrons. The van der Waals surface area contributed by atoms with Crippen LogP contribution in [0.5, 0.6) is 5.75 Å². The SMILES string of the molecule is COc1ccc([C@@H](CNC(=O)Nc2cccc(-n3cccn3)c2)N(C)C)cc1. The second-order valence-electron chi connectivity index (χ2n) is 6.59. The van der Waals surface area contributed by atoms with Gasteiger partial charge in [-0.05, 0) is 56.1 Å². The van der Waals surface area contributed by atoms with Gasteiger partial charge in [-0.2, -0.15) is 5.10 Å². The molecule has 7 heteroatoms. The van der Waals surface area contributed by atoms with Gasteiger partial charge in [0.1, 0.15) is 5.75 Å². The van der Waals surface area contributed by atoms with Crippen LogP contribution in [-0.2, 0) is 0 Å². The summed E-state index contributed by atoms with van der Waals surface area (Å²) in [6.45, 7) is 0.476. The first kappa shape index (κ1) is 19.4. The first-order chi connectivity index (χ1) is 13.6. The molecule has 0 aliphatic heterocycles. The molecule has 0 unspecified atom stereocenters. The molecular formula is C21H25N5O2. The highest BCUT2D eigenvalue weighted by molar-refractivity contribution is 5.89. The first-order valence-electron chi connectivity index (χ1n) is 9.02. The van der Waals surface area contributed by atoms with Gasteiger partial charge in [-0.1, -0.05) is 18.2 Å². The van der Waals surface area contributed by atoms with Crippen LogP contribution in [0.1, 0.15) is 11.6 Å². The molecule has 2 aromatic carbocycles. The fourth-order valence-electron chi connectivity index (χ4n) is 2.94. The number of carbonyl (C=O) groups is 1. The first-order valence-corrected chi connectivity index (χ1v) is 9.02. The Bertz CT molecular complexity index is 891. The van der Waals surface area contributed by atoms with E-state index in [2.05, 4.69) is 20.6 Å². The van der Waals surface area contributed by atoms with E-state index in [0.29, 0.717) is 12.2 Å². The summed E-state index contributed by atoms with van der Waals surface area (Å²) in [6, 6.07) is 17.1. The number of benzene rings is 2. The largest absolute Gasteiger partial charge is 0.497 e. The zero-order chi connectivity index (χ0) is 19.9. The van der Waals surface area contributed by atoms with Crippen molar-refractivity contribution in [3.8, 4) is 11.4 Å². The zero-order valence-corrected chi connectivity index (χ0v) is 16.3. The average Bonchev–Trinajstić information content (AvgIpc) is 3.23. The summed E-state index contributed by atoms with van der Waals surface area (Å²) in [5, 5.41) is 10.0. The number of aromatic nitrogens is 2. The fourth-order valence-corrected chi connectivity index (χ4v) is 2.94. The average molecular weight is 379 g/mol. The molecule has 0 fully saturated rings. The maximum absolute atomic E-state index is 12.4. The molecular weight excluding hydrogens is 354 g/mol. The maximum atomic E-state index is 12.4. The van der Waals surface area contributed by atoms with E-state index in [1.807, 2.05) is 74.9 Å². The van der Waals surface area contributed by atoms with Crippen molar-refractivity contribution in [1.82, 2.24) is 20.0 Å². The molecule has 1 aromatic heterocycles. The van der Waals surface area contributed by atoms with Crippen LogP contribution in [0, 0.1) is 0 Å². The summed E-state index contributed by atoms with van der Waals surface area (Å²) in [5.74, 6) is 0.809. The molecule has 0 bridgehead atoms. The number of amides is 2. The van der Waals surface area contributed by atoms with Crippen molar-refractivity contribution in [2.24, 2.45) is 0 Å². The molecule has 1 atom stereocenters. The van der Waals surface area contributed by atoms with Crippen molar-refractivity contribution in [3.63, 3.8) is 0 Å². The van der Waals surface area contributed by atoms with E-state index < -0.39 is 0 Å². The number of methoxy groups -OCH3 is 1. The lowest BCUT2D eigenvalue weighted by molar-refractivity contribution is 0.243. The number of nitrogens with one attached hydrogen (secondary N) is 2. The van der Waals surface area contributed by atoms with E-state index in [1.54, 1.807) is 18.0 Å². The number of nitrogens with zero attached hydrogens (tertiary/aromatic N) is 3. The quantitative estimate of drug-likeness (QED) is 0.661. The Morgan fingerprint density at radius 3 is 2.61 bits per heavy atom. The number of hydrogen-bond acceptors (Lipinski definition) is 4. The summed E-state index contributed by atoms with van der Waals surface area (Å²) < 4.78 is 6.96. The minimum atomic E-state index is -0.252. The second kappa shape index (κ2) is 9.05. The molecule has 0 radical (unpaired) electrons. The Kier molecular flexibility index (Phi) is 6.29. The van der Waals surface area contributed by atoms with Crippen molar-refractivity contribution in [1.29, 1.82) is 0 Å². The molecule has 7 nitrogen and oxygen atoms in total. The third-order valence-corrected chi connectivity index (χ3v) is 4.45. The van der Waals surface area contributed by atoms with Crippen LogP contribution < -0.4 is 15.4 Å². The Morgan fingerprint density at radius 2 is 1.96 bits per heavy atom. The lowest BCUT2D eigenvalue weighted by atomic mass is 10.1. The third-order valence-electron chi connectivity index (χ3n) is 4.45. The van der Waals surface area contributed by atoms with Crippen LogP contribution in [0.2, 0.25) is 0 Å². The lowest BCUT2D eigenvalue weighted by Gasteiger charge is -2.25. The molecule has 2 N–H and O–H groups in total. The highest BCUT2D eigenvalue weighted by Gasteiger charge is 2.15. The standard InChI is InChI=1S/C21H25N5O2/c1-25(2)20(16-8-10-19(28-3)11-9-16)15-22-21(27)24-17-6-4-7-18(14-17)26-13-5-12-23-26/h4-14,20H,15H2,1-3H3,(H2,22,24,27)/t20-/m1/s1. The molecule has 28 heavy (non-hydrogen) atoms. The van der Waals surface area contributed by atoms with Gasteiger partial charge in [0.2, 0.25) is 0 Å². The Morgan fingerprint density at radius 1 is 1.18 bits per heavy atom. The van der Waals surface area contributed by atoms with Crippen LogP contribution in [0.3, 0.4) is 0 Å². The van der Waals surface area contributed by atoms with Gasteiger partial charge in [0.05, 0.1) is 18.8 Å². The van der Waals surface area contributed by atoms with Crippen LogP contribution >= 0.6 is 0 Å². The predicted octanol–water partition coefficient (Wildman–Crippen LogP) is 3.31. The number of anilines is 1. The maximum Gasteiger partial charge on any atom is 0.319 e. The Hall–Kier alpha value is -3.32. The number of ether oxygens (including phenoxy) is 1. The molecule has 2 amide bonds. The molecule has 0 aliphatic carbocycles. The highest BCUT2D eigenvalue weighted by Crippen LogP contribution is 2.21. The van der Waals surface area contributed by atoms with Gasteiger partial charge in [0.25, 0.3) is 0 Å². The number of hydrogen-bond donors (Lipinski definition) is 2. The van der Waals surface area contributed by atoms with Crippen molar-refractivity contribution in [2.45, 2.75) is 6.04 Å². The van der Waals surface area contributed by atoms with E-state index in [-0.39, 0.29) is 12.1 Å². The molecule has 0 aliphatic rings. The van der Waals surface area contributed by atoms with Crippen molar-refractivity contribution < 1.29 is 9.53 Å². The minimum absolute atomic E-state index is 0.0482. The number of urea groups is 1. The predicted molar refractivity (Wildman–Crippen MR) is 110 cm³/mol. The van der Waals surface area contributed by atoms with Gasteiger partial charge >= 0.3 is 6.03 Å². The van der Waals surface area contributed by atoms with Crippen LogP contribution in [-0.4, -0.2) is 48.5 Å². The van der Waals surface area contributed by atoms with Gasteiger partial charge in [0, 0.05) is 24.6 Å². The van der Waals surface area contributed by atoms with Crippen molar-refractivity contribution in [2.75, 3.05) is 33.1 Å².